The van der Waals surface area contributed by atoms with Crippen LogP contribution >= 0.6 is 0 Å². The third-order valence-corrected chi connectivity index (χ3v) is 4.91. The van der Waals surface area contributed by atoms with E-state index in [1.165, 1.54) is 25.7 Å². The summed E-state index contributed by atoms with van der Waals surface area (Å²) in [4.78, 5) is 0. The molecule has 2 fully saturated rings. The van der Waals surface area contributed by atoms with Crippen molar-refractivity contribution in [1.29, 1.82) is 0 Å². The number of hydrogen-bond acceptors (Lipinski definition) is 2. The maximum absolute atomic E-state index is 14.0. The molecule has 0 spiro atoms. The minimum absolute atomic E-state index is 0.233. The Hall–Kier alpha value is -1.09. The molecule has 0 heterocycles. The van der Waals surface area contributed by atoms with Crippen LogP contribution in [0, 0.1) is 23.6 Å². The van der Waals surface area contributed by atoms with E-state index in [1.54, 1.807) is 12.1 Å². The number of fused-ring (bicyclic) bond motifs is 2. The molecule has 2 aliphatic rings. The summed E-state index contributed by atoms with van der Waals surface area (Å²) in [6.07, 6.45) is 5.40. The van der Waals surface area contributed by atoms with Crippen LogP contribution in [0.15, 0.2) is 18.2 Å². The molecule has 2 nitrogen and oxygen atoms in total. The highest BCUT2D eigenvalue weighted by Crippen LogP contribution is 2.48. The fraction of sp³-hybridized carbons (Fsp3) is 0.647. The van der Waals surface area contributed by atoms with E-state index in [2.05, 4.69) is 5.32 Å². The SMILES string of the molecule is CCNCc1ccc(OCC2CC3CCC2C3)c(F)c1. The number of rotatable bonds is 6. The van der Waals surface area contributed by atoms with Gasteiger partial charge in [-0.05, 0) is 61.3 Å². The van der Waals surface area contributed by atoms with Gasteiger partial charge >= 0.3 is 0 Å². The van der Waals surface area contributed by atoms with Crippen LogP contribution in [0.25, 0.3) is 0 Å². The van der Waals surface area contributed by atoms with E-state index >= 15 is 0 Å². The van der Waals surface area contributed by atoms with Crippen LogP contribution in [0.2, 0.25) is 0 Å². The van der Waals surface area contributed by atoms with Gasteiger partial charge in [-0.2, -0.15) is 0 Å². The summed E-state index contributed by atoms with van der Waals surface area (Å²) in [6, 6.07) is 5.30. The quantitative estimate of drug-likeness (QED) is 0.855. The normalized spacial score (nSPS) is 28.0. The molecule has 0 aromatic heterocycles. The molecule has 2 aliphatic carbocycles. The number of halogens is 1. The van der Waals surface area contributed by atoms with E-state index in [4.69, 9.17) is 4.74 Å². The number of benzene rings is 1. The molecule has 3 heteroatoms. The van der Waals surface area contributed by atoms with Crippen LogP contribution in [0.4, 0.5) is 4.39 Å². The molecule has 3 rings (SSSR count). The average Bonchev–Trinajstić information content (AvgIpc) is 3.06. The van der Waals surface area contributed by atoms with Gasteiger partial charge in [-0.15, -0.1) is 0 Å². The average molecular weight is 277 g/mol. The van der Waals surface area contributed by atoms with Crippen LogP contribution in [-0.2, 0) is 6.54 Å². The highest BCUT2D eigenvalue weighted by Gasteiger charge is 2.39. The minimum atomic E-state index is -0.233. The summed E-state index contributed by atoms with van der Waals surface area (Å²) in [5.74, 6) is 2.57. The van der Waals surface area contributed by atoms with Gasteiger partial charge in [-0.25, -0.2) is 4.39 Å². The smallest absolute Gasteiger partial charge is 0.165 e. The molecule has 0 amide bonds. The standard InChI is InChI=1S/C17H24FNO/c1-2-19-10-13-4-6-17(16(18)9-13)20-11-15-8-12-3-5-14(15)7-12/h4,6,9,12,14-15,19H,2-3,5,7-8,10-11H2,1H3. The Labute approximate surface area is 120 Å². The Kier molecular flexibility index (Phi) is 4.25. The molecule has 3 unspecified atom stereocenters. The van der Waals surface area contributed by atoms with Crippen molar-refractivity contribution >= 4 is 0 Å². The summed E-state index contributed by atoms with van der Waals surface area (Å²) < 4.78 is 19.7. The van der Waals surface area contributed by atoms with E-state index in [0.29, 0.717) is 24.8 Å². The monoisotopic (exact) mass is 277 g/mol. The summed E-state index contributed by atoms with van der Waals surface area (Å²) in [5.41, 5.74) is 0.969. The zero-order valence-electron chi connectivity index (χ0n) is 12.2. The third kappa shape index (κ3) is 2.98. The van der Waals surface area contributed by atoms with E-state index in [0.717, 1.165) is 23.9 Å². The summed E-state index contributed by atoms with van der Waals surface area (Å²) in [5, 5.41) is 3.20. The van der Waals surface area contributed by atoms with Crippen molar-refractivity contribution in [2.75, 3.05) is 13.2 Å². The molecule has 0 saturated heterocycles. The first kappa shape index (κ1) is 13.9. The Balaban J connectivity index is 1.55. The molecule has 0 aliphatic heterocycles. The molecule has 110 valence electrons. The van der Waals surface area contributed by atoms with Crippen molar-refractivity contribution in [1.82, 2.24) is 5.32 Å². The van der Waals surface area contributed by atoms with E-state index in [9.17, 15) is 4.39 Å². The fourth-order valence-corrected chi connectivity index (χ4v) is 3.82. The van der Waals surface area contributed by atoms with Gasteiger partial charge in [0.2, 0.25) is 0 Å². The summed E-state index contributed by atoms with van der Waals surface area (Å²) in [6.45, 7) is 4.33. The lowest BCUT2D eigenvalue weighted by Crippen LogP contribution is -2.19. The van der Waals surface area contributed by atoms with Crippen molar-refractivity contribution in [3.63, 3.8) is 0 Å². The lowest BCUT2D eigenvalue weighted by Gasteiger charge is -2.22. The van der Waals surface area contributed by atoms with Gasteiger partial charge in [0, 0.05) is 6.54 Å². The largest absolute Gasteiger partial charge is 0.490 e. The Morgan fingerprint density at radius 1 is 1.30 bits per heavy atom. The van der Waals surface area contributed by atoms with Gasteiger partial charge < -0.3 is 10.1 Å². The molecule has 20 heavy (non-hydrogen) atoms. The van der Waals surface area contributed by atoms with Gasteiger partial charge in [0.25, 0.3) is 0 Å². The Morgan fingerprint density at radius 3 is 2.85 bits per heavy atom. The number of hydrogen-bond donors (Lipinski definition) is 1. The first-order valence-electron chi connectivity index (χ1n) is 7.88. The second-order valence-electron chi connectivity index (χ2n) is 6.29. The molecule has 1 aromatic rings. The molecular weight excluding hydrogens is 253 g/mol. The molecule has 1 aromatic carbocycles. The van der Waals surface area contributed by atoms with E-state index < -0.39 is 0 Å². The molecule has 3 atom stereocenters. The van der Waals surface area contributed by atoms with Gasteiger partial charge in [0.05, 0.1) is 6.61 Å². The molecule has 1 N–H and O–H groups in total. The van der Waals surface area contributed by atoms with Crippen LogP contribution in [-0.4, -0.2) is 13.2 Å². The van der Waals surface area contributed by atoms with Crippen molar-refractivity contribution in [2.24, 2.45) is 17.8 Å². The maximum atomic E-state index is 14.0. The van der Waals surface area contributed by atoms with Crippen molar-refractivity contribution in [3.05, 3.63) is 29.6 Å². The predicted molar refractivity (Wildman–Crippen MR) is 78.2 cm³/mol. The zero-order chi connectivity index (χ0) is 13.9. The Bertz CT molecular complexity index is 462. The number of nitrogens with one attached hydrogen (secondary N) is 1. The maximum Gasteiger partial charge on any atom is 0.165 e. The lowest BCUT2D eigenvalue weighted by atomic mass is 9.89. The first-order valence-corrected chi connectivity index (χ1v) is 7.88. The lowest BCUT2D eigenvalue weighted by molar-refractivity contribution is 0.189. The van der Waals surface area contributed by atoms with Gasteiger partial charge in [0.15, 0.2) is 11.6 Å². The Morgan fingerprint density at radius 2 is 2.20 bits per heavy atom. The van der Waals surface area contributed by atoms with Crippen LogP contribution in [0.3, 0.4) is 0 Å². The van der Waals surface area contributed by atoms with E-state index in [-0.39, 0.29) is 5.82 Å². The molecule has 0 radical (unpaired) electrons. The number of ether oxygens (including phenoxy) is 1. The van der Waals surface area contributed by atoms with Gasteiger partial charge in [-0.1, -0.05) is 19.4 Å². The highest BCUT2D eigenvalue weighted by molar-refractivity contribution is 5.29. The third-order valence-electron chi connectivity index (χ3n) is 4.91. The van der Waals surface area contributed by atoms with Gasteiger partial charge in [-0.3, -0.25) is 0 Å². The second kappa shape index (κ2) is 6.13. The molecule has 2 saturated carbocycles. The first-order chi connectivity index (χ1) is 9.76. The summed E-state index contributed by atoms with van der Waals surface area (Å²) >= 11 is 0. The van der Waals surface area contributed by atoms with Gasteiger partial charge in [0.1, 0.15) is 0 Å². The minimum Gasteiger partial charge on any atom is -0.490 e. The predicted octanol–water partition coefficient (Wildman–Crippen LogP) is 3.75. The zero-order valence-corrected chi connectivity index (χ0v) is 12.2. The molecular formula is C17H24FNO. The van der Waals surface area contributed by atoms with Crippen molar-refractivity contribution < 1.29 is 9.13 Å². The fourth-order valence-electron chi connectivity index (χ4n) is 3.82. The van der Waals surface area contributed by atoms with Crippen LogP contribution in [0.5, 0.6) is 5.75 Å². The molecule has 2 bridgehead atoms. The van der Waals surface area contributed by atoms with Crippen molar-refractivity contribution in [2.45, 2.75) is 39.2 Å². The van der Waals surface area contributed by atoms with E-state index in [1.807, 2.05) is 13.0 Å². The van der Waals surface area contributed by atoms with Crippen molar-refractivity contribution in [3.8, 4) is 5.75 Å². The van der Waals surface area contributed by atoms with Crippen LogP contribution < -0.4 is 10.1 Å². The highest BCUT2D eigenvalue weighted by atomic mass is 19.1. The second-order valence-corrected chi connectivity index (χ2v) is 6.29. The summed E-state index contributed by atoms with van der Waals surface area (Å²) in [7, 11) is 0. The van der Waals surface area contributed by atoms with Crippen LogP contribution in [0.1, 0.15) is 38.2 Å². The topological polar surface area (TPSA) is 21.3 Å².